The van der Waals surface area contributed by atoms with Crippen molar-refractivity contribution < 1.29 is 9.90 Å². The largest absolute Gasteiger partial charge is 0.481 e. The van der Waals surface area contributed by atoms with Crippen LogP contribution in [0, 0.1) is 0 Å². The summed E-state index contributed by atoms with van der Waals surface area (Å²) < 4.78 is 1.70. The highest BCUT2D eigenvalue weighted by Gasteiger charge is 2.13. The lowest BCUT2D eigenvalue weighted by molar-refractivity contribution is -0.136. The second-order valence-corrected chi connectivity index (χ2v) is 3.93. The van der Waals surface area contributed by atoms with E-state index in [-0.39, 0.29) is 6.42 Å². The Labute approximate surface area is 97.4 Å². The monoisotopic (exact) mass is 238 g/mol. The van der Waals surface area contributed by atoms with Crippen LogP contribution in [0.2, 0.25) is 5.02 Å². The second-order valence-electron chi connectivity index (χ2n) is 3.49. The zero-order valence-corrected chi connectivity index (χ0v) is 9.53. The molecule has 0 fully saturated rings. The summed E-state index contributed by atoms with van der Waals surface area (Å²) in [6.45, 7) is 2.58. The first kappa shape index (κ1) is 11.0. The van der Waals surface area contributed by atoms with Gasteiger partial charge in [-0.2, -0.15) is 5.10 Å². The van der Waals surface area contributed by atoms with Crippen molar-refractivity contribution in [2.75, 3.05) is 0 Å². The lowest BCUT2D eigenvalue weighted by atomic mass is 10.1. The van der Waals surface area contributed by atoms with E-state index in [4.69, 9.17) is 16.7 Å². The highest BCUT2D eigenvalue weighted by atomic mass is 35.5. The summed E-state index contributed by atoms with van der Waals surface area (Å²) in [7, 11) is 0. The third-order valence-electron chi connectivity index (χ3n) is 2.43. The maximum absolute atomic E-state index is 10.8. The SMILES string of the molecule is CCn1nc2ccc(Cl)cc2c1CC(=O)O. The van der Waals surface area contributed by atoms with E-state index in [1.807, 2.05) is 6.92 Å². The van der Waals surface area contributed by atoms with Gasteiger partial charge in [-0.1, -0.05) is 11.6 Å². The quantitative estimate of drug-likeness (QED) is 0.893. The molecule has 0 spiro atoms. The van der Waals surface area contributed by atoms with Gasteiger partial charge >= 0.3 is 5.97 Å². The number of hydrogen-bond acceptors (Lipinski definition) is 2. The van der Waals surface area contributed by atoms with Crippen molar-refractivity contribution in [3.63, 3.8) is 0 Å². The summed E-state index contributed by atoms with van der Waals surface area (Å²) in [5.74, 6) is -0.864. The molecule has 2 rings (SSSR count). The number of halogens is 1. The first-order valence-electron chi connectivity index (χ1n) is 4.98. The van der Waals surface area contributed by atoms with Crippen molar-refractivity contribution in [3.8, 4) is 0 Å². The van der Waals surface area contributed by atoms with Crippen LogP contribution in [0.15, 0.2) is 18.2 Å². The van der Waals surface area contributed by atoms with Gasteiger partial charge in [0.2, 0.25) is 0 Å². The molecule has 0 aliphatic carbocycles. The van der Waals surface area contributed by atoms with Gasteiger partial charge in [-0.05, 0) is 25.1 Å². The van der Waals surface area contributed by atoms with Gasteiger partial charge < -0.3 is 5.11 Å². The van der Waals surface area contributed by atoms with Crippen LogP contribution in [-0.2, 0) is 17.8 Å². The number of rotatable bonds is 3. The summed E-state index contributed by atoms with van der Waals surface area (Å²) in [5, 5.41) is 14.6. The van der Waals surface area contributed by atoms with Crippen molar-refractivity contribution in [2.24, 2.45) is 0 Å². The normalized spacial score (nSPS) is 10.9. The number of benzene rings is 1. The molecule has 1 aromatic heterocycles. The van der Waals surface area contributed by atoms with Crippen LogP contribution in [-0.4, -0.2) is 20.9 Å². The summed E-state index contributed by atoms with van der Waals surface area (Å²) in [6, 6.07) is 5.31. The smallest absolute Gasteiger partial charge is 0.309 e. The van der Waals surface area contributed by atoms with Crippen molar-refractivity contribution in [3.05, 3.63) is 28.9 Å². The molecular weight excluding hydrogens is 228 g/mol. The summed E-state index contributed by atoms with van der Waals surface area (Å²) in [5.41, 5.74) is 1.48. The zero-order chi connectivity index (χ0) is 11.7. The number of aryl methyl sites for hydroxylation is 1. The lowest BCUT2D eigenvalue weighted by Gasteiger charge is -2.01. The zero-order valence-electron chi connectivity index (χ0n) is 8.77. The molecule has 0 amide bonds. The molecular formula is C11H11ClN2O2. The van der Waals surface area contributed by atoms with Crippen molar-refractivity contribution in [1.82, 2.24) is 9.78 Å². The number of carbonyl (C=O) groups is 1. The maximum atomic E-state index is 10.8. The molecule has 2 aromatic rings. The molecule has 0 saturated carbocycles. The predicted octanol–water partition coefficient (Wildman–Crippen LogP) is 2.34. The minimum Gasteiger partial charge on any atom is -0.481 e. The van der Waals surface area contributed by atoms with Crippen molar-refractivity contribution in [1.29, 1.82) is 0 Å². The standard InChI is InChI=1S/C11H11ClN2O2/c1-2-14-10(6-11(15)16)8-5-7(12)3-4-9(8)13-14/h3-5H,2,6H2,1H3,(H,15,16). The van der Waals surface area contributed by atoms with Gasteiger partial charge in [-0.3, -0.25) is 9.48 Å². The van der Waals surface area contributed by atoms with E-state index in [1.165, 1.54) is 0 Å². The van der Waals surface area contributed by atoms with Crippen LogP contribution in [0.25, 0.3) is 10.9 Å². The Morgan fingerprint density at radius 2 is 2.31 bits per heavy atom. The topological polar surface area (TPSA) is 55.1 Å². The molecule has 84 valence electrons. The highest BCUT2D eigenvalue weighted by Crippen LogP contribution is 2.23. The molecule has 0 bridgehead atoms. The van der Waals surface area contributed by atoms with Crippen LogP contribution >= 0.6 is 11.6 Å². The molecule has 0 aliphatic heterocycles. The van der Waals surface area contributed by atoms with Crippen molar-refractivity contribution in [2.45, 2.75) is 19.9 Å². The summed E-state index contributed by atoms with van der Waals surface area (Å²) >= 11 is 5.90. The van der Waals surface area contributed by atoms with E-state index >= 15 is 0 Å². The maximum Gasteiger partial charge on any atom is 0.309 e. The van der Waals surface area contributed by atoms with Crippen LogP contribution in [0.3, 0.4) is 0 Å². The molecule has 1 N–H and O–H groups in total. The summed E-state index contributed by atoms with van der Waals surface area (Å²) in [4.78, 5) is 10.8. The first-order valence-corrected chi connectivity index (χ1v) is 5.36. The van der Waals surface area contributed by atoms with E-state index in [0.29, 0.717) is 17.3 Å². The number of aromatic nitrogens is 2. The average molecular weight is 239 g/mol. The number of fused-ring (bicyclic) bond motifs is 1. The Kier molecular flexibility index (Phi) is 2.83. The Hall–Kier alpha value is -1.55. The predicted molar refractivity (Wildman–Crippen MR) is 61.8 cm³/mol. The van der Waals surface area contributed by atoms with Crippen LogP contribution in [0.5, 0.6) is 0 Å². The summed E-state index contributed by atoms with van der Waals surface area (Å²) in [6.07, 6.45) is -0.0370. The van der Waals surface area contributed by atoms with Gasteiger partial charge in [0.15, 0.2) is 0 Å². The molecule has 0 aliphatic rings. The first-order chi connectivity index (χ1) is 7.61. The Bertz CT molecular complexity index is 548. The van der Waals surface area contributed by atoms with E-state index in [9.17, 15) is 4.79 Å². The molecule has 0 unspecified atom stereocenters. The fraction of sp³-hybridized carbons (Fsp3) is 0.273. The van der Waals surface area contributed by atoms with Gasteiger partial charge in [0.25, 0.3) is 0 Å². The Morgan fingerprint density at radius 3 is 2.94 bits per heavy atom. The van der Waals surface area contributed by atoms with E-state index < -0.39 is 5.97 Å². The third kappa shape index (κ3) is 1.88. The number of hydrogen-bond donors (Lipinski definition) is 1. The van der Waals surface area contributed by atoms with Gasteiger partial charge in [0.05, 0.1) is 17.6 Å². The fourth-order valence-electron chi connectivity index (χ4n) is 1.75. The average Bonchev–Trinajstić information content (AvgIpc) is 2.56. The van der Waals surface area contributed by atoms with Crippen molar-refractivity contribution >= 4 is 28.5 Å². The van der Waals surface area contributed by atoms with Gasteiger partial charge in [-0.15, -0.1) is 0 Å². The van der Waals surface area contributed by atoms with Gasteiger partial charge in [0.1, 0.15) is 0 Å². The fourth-order valence-corrected chi connectivity index (χ4v) is 1.92. The Morgan fingerprint density at radius 1 is 1.56 bits per heavy atom. The second kappa shape index (κ2) is 4.14. The molecule has 0 radical (unpaired) electrons. The minimum atomic E-state index is -0.864. The van der Waals surface area contributed by atoms with Gasteiger partial charge in [0, 0.05) is 17.0 Å². The van der Waals surface area contributed by atoms with E-state index in [2.05, 4.69) is 5.10 Å². The number of carboxylic acid groups (broad SMARTS) is 1. The van der Waals surface area contributed by atoms with Crippen LogP contribution < -0.4 is 0 Å². The van der Waals surface area contributed by atoms with E-state index in [1.54, 1.807) is 22.9 Å². The van der Waals surface area contributed by atoms with Gasteiger partial charge in [-0.25, -0.2) is 0 Å². The third-order valence-corrected chi connectivity index (χ3v) is 2.66. The molecule has 1 heterocycles. The Balaban J connectivity index is 2.65. The van der Waals surface area contributed by atoms with Crippen LogP contribution in [0.4, 0.5) is 0 Å². The number of nitrogens with zero attached hydrogens (tertiary/aromatic N) is 2. The highest BCUT2D eigenvalue weighted by molar-refractivity contribution is 6.31. The number of carboxylic acids is 1. The van der Waals surface area contributed by atoms with E-state index in [0.717, 1.165) is 10.9 Å². The number of aliphatic carboxylic acids is 1. The lowest BCUT2D eigenvalue weighted by Crippen LogP contribution is -2.08. The van der Waals surface area contributed by atoms with Crippen LogP contribution in [0.1, 0.15) is 12.6 Å². The minimum absolute atomic E-state index is 0.0370. The molecule has 0 atom stereocenters. The molecule has 5 heteroatoms. The molecule has 0 saturated heterocycles. The molecule has 16 heavy (non-hydrogen) atoms. The molecule has 1 aromatic carbocycles. The molecule has 4 nitrogen and oxygen atoms in total.